The summed E-state index contributed by atoms with van der Waals surface area (Å²) >= 11 is 11.9. The third-order valence-corrected chi connectivity index (χ3v) is 2.72. The van der Waals surface area contributed by atoms with Gasteiger partial charge in [-0.05, 0) is 36.7 Å². The van der Waals surface area contributed by atoms with Gasteiger partial charge in [-0.1, -0.05) is 24.4 Å². The van der Waals surface area contributed by atoms with Crippen molar-refractivity contribution in [2.75, 3.05) is 0 Å². The summed E-state index contributed by atoms with van der Waals surface area (Å²) < 4.78 is 1.55. The lowest BCUT2D eigenvalue weighted by Gasteiger charge is -1.97. The summed E-state index contributed by atoms with van der Waals surface area (Å²) in [5, 5.41) is 10.4. The number of hydrogen-bond donors (Lipinski definition) is 2. The van der Waals surface area contributed by atoms with Gasteiger partial charge in [-0.15, -0.1) is 0 Å². The summed E-state index contributed by atoms with van der Waals surface area (Å²) in [7, 11) is 0. The van der Waals surface area contributed by atoms with E-state index in [1.165, 1.54) is 0 Å². The van der Waals surface area contributed by atoms with E-state index in [0.717, 1.165) is 45.1 Å². The molecule has 0 fully saturated rings. The molecule has 0 aromatic rings. The van der Waals surface area contributed by atoms with Gasteiger partial charge in [0, 0.05) is 0 Å². The van der Waals surface area contributed by atoms with Crippen LogP contribution in [0.25, 0.3) is 0 Å². The Morgan fingerprint density at radius 1 is 1.00 bits per heavy atom. The molecule has 0 aliphatic carbocycles. The van der Waals surface area contributed by atoms with Crippen LogP contribution in [0, 0.1) is 0 Å². The van der Waals surface area contributed by atoms with Crippen molar-refractivity contribution >= 4 is 56.7 Å². The third kappa shape index (κ3) is 5.57. The second kappa shape index (κ2) is 6.51. The summed E-state index contributed by atoms with van der Waals surface area (Å²) in [6.45, 7) is 0. The van der Waals surface area contributed by atoms with Crippen molar-refractivity contribution in [3.8, 4) is 0 Å². The lowest BCUT2D eigenvalue weighted by molar-refractivity contribution is 1.22. The van der Waals surface area contributed by atoms with Gasteiger partial charge in [0.25, 0.3) is 0 Å². The van der Waals surface area contributed by atoms with Gasteiger partial charge >= 0.3 is 0 Å². The third-order valence-electron chi connectivity index (χ3n) is 0.796. The summed E-state index contributed by atoms with van der Waals surface area (Å²) in [5.74, 6) is 0. The van der Waals surface area contributed by atoms with Crippen LogP contribution < -0.4 is 10.3 Å². The van der Waals surface area contributed by atoms with E-state index >= 15 is 0 Å². The van der Waals surface area contributed by atoms with Crippen LogP contribution in [-0.2, 0) is 0 Å². The van der Waals surface area contributed by atoms with Gasteiger partial charge in [-0.3, -0.25) is 10.3 Å². The molecule has 0 aliphatic heterocycles. The Hall–Kier alpha value is 0.800. The van der Waals surface area contributed by atoms with Crippen LogP contribution in [0.15, 0.2) is 0 Å². The Balaban J connectivity index is 3.35. The van der Waals surface area contributed by atoms with Crippen LogP contribution >= 0.6 is 48.3 Å². The molecule has 0 heterocycles. The number of hydrogen-bond acceptors (Lipinski definition) is 6. The lowest BCUT2D eigenvalue weighted by Crippen LogP contribution is -1.98. The van der Waals surface area contributed by atoms with Crippen molar-refractivity contribution in [3.05, 3.63) is 0 Å². The topological polar surface area (TPSA) is 52.0 Å². The number of thiocarbonyl (C=S) groups is 2. The van der Waals surface area contributed by atoms with Crippen LogP contribution in [0.3, 0.4) is 0 Å². The van der Waals surface area contributed by atoms with Gasteiger partial charge in [0.15, 0.2) is 0 Å². The molecule has 0 aromatic carbocycles. The van der Waals surface area contributed by atoms with Crippen molar-refractivity contribution in [1.29, 1.82) is 0 Å². The zero-order valence-corrected chi connectivity index (χ0v) is 8.47. The maximum Gasteiger partial charge on any atom is 0.0633 e. The van der Waals surface area contributed by atoms with Gasteiger partial charge in [0.05, 0.1) is 8.39 Å². The molecule has 0 spiro atoms. The monoisotopic (exact) mass is 212 g/mol. The van der Waals surface area contributed by atoms with E-state index < -0.39 is 0 Å². The highest BCUT2D eigenvalue weighted by atomic mass is 32.2. The minimum absolute atomic E-state index is 0.750. The van der Waals surface area contributed by atoms with E-state index in [2.05, 4.69) is 0 Å². The molecular formula is C4H8N2S4. The van der Waals surface area contributed by atoms with Crippen LogP contribution in [0.1, 0.15) is 12.8 Å². The molecule has 0 amide bonds. The molecule has 10 heavy (non-hydrogen) atoms. The van der Waals surface area contributed by atoms with Gasteiger partial charge < -0.3 is 0 Å². The van der Waals surface area contributed by atoms with Crippen molar-refractivity contribution in [3.63, 3.8) is 0 Å². The van der Waals surface area contributed by atoms with Crippen molar-refractivity contribution in [2.45, 2.75) is 12.8 Å². The Bertz CT molecular complexity index is 119. The average Bonchev–Trinajstić information content (AvgIpc) is 1.99. The predicted molar refractivity (Wildman–Crippen MR) is 58.0 cm³/mol. The summed E-state index contributed by atoms with van der Waals surface area (Å²) in [6, 6.07) is 0. The molecule has 0 aromatic heterocycles. The molecular weight excluding hydrogens is 204 g/mol. The van der Waals surface area contributed by atoms with Gasteiger partial charge in [0.1, 0.15) is 0 Å². The number of rotatable bonds is 3. The van der Waals surface area contributed by atoms with E-state index in [-0.39, 0.29) is 0 Å². The molecule has 0 saturated heterocycles. The fourth-order valence-corrected chi connectivity index (χ4v) is 0.966. The second-order valence-corrected chi connectivity index (χ2v) is 4.44. The van der Waals surface area contributed by atoms with E-state index in [0.29, 0.717) is 0 Å². The standard InChI is InChI=1S/C4H8N2S4/c5-9-3(7)1-2-4(8)10-6/h1-2,5-6H2. The summed E-state index contributed by atoms with van der Waals surface area (Å²) in [4.78, 5) is 0. The fraction of sp³-hybridized carbons (Fsp3) is 0.500. The largest absolute Gasteiger partial charge is 0.273 e. The minimum atomic E-state index is 0.750. The zero-order chi connectivity index (χ0) is 7.98. The summed E-state index contributed by atoms with van der Waals surface area (Å²) in [6.07, 6.45) is 1.50. The molecule has 0 radical (unpaired) electrons. The van der Waals surface area contributed by atoms with Crippen molar-refractivity contribution in [2.24, 2.45) is 10.3 Å². The first-order chi connectivity index (χ1) is 4.70. The molecule has 0 aliphatic rings. The second-order valence-electron chi connectivity index (χ2n) is 1.48. The smallest absolute Gasteiger partial charge is 0.0633 e. The van der Waals surface area contributed by atoms with Crippen molar-refractivity contribution in [1.82, 2.24) is 0 Å². The molecule has 0 bridgehead atoms. The fourth-order valence-electron chi connectivity index (χ4n) is 0.322. The first kappa shape index (κ1) is 10.8. The number of nitrogens with two attached hydrogens (primary N) is 2. The molecule has 58 valence electrons. The van der Waals surface area contributed by atoms with Crippen LogP contribution in [0.5, 0.6) is 0 Å². The SMILES string of the molecule is NSC(=S)CCC(=S)SN. The highest BCUT2D eigenvalue weighted by molar-refractivity contribution is 8.22. The van der Waals surface area contributed by atoms with Crippen LogP contribution in [0.4, 0.5) is 0 Å². The Morgan fingerprint density at radius 3 is 1.50 bits per heavy atom. The maximum absolute atomic E-state index is 5.19. The first-order valence-corrected chi connectivity index (χ1v) is 5.07. The van der Waals surface area contributed by atoms with E-state index in [1.807, 2.05) is 0 Å². The van der Waals surface area contributed by atoms with Crippen LogP contribution in [0.2, 0.25) is 0 Å². The molecule has 2 nitrogen and oxygen atoms in total. The maximum atomic E-state index is 5.19. The minimum Gasteiger partial charge on any atom is -0.273 e. The average molecular weight is 212 g/mol. The Labute approximate surface area is 79.7 Å². The summed E-state index contributed by atoms with van der Waals surface area (Å²) in [5.41, 5.74) is 0. The molecule has 4 N–H and O–H groups in total. The molecule has 6 heteroatoms. The van der Waals surface area contributed by atoms with Gasteiger partial charge in [-0.25, -0.2) is 0 Å². The predicted octanol–water partition coefficient (Wildman–Crippen LogP) is 1.64. The first-order valence-electron chi connectivity index (χ1n) is 2.50. The highest BCUT2D eigenvalue weighted by Gasteiger charge is 1.98. The molecule has 0 unspecified atom stereocenters. The van der Waals surface area contributed by atoms with E-state index in [1.54, 1.807) is 0 Å². The van der Waals surface area contributed by atoms with Crippen molar-refractivity contribution < 1.29 is 0 Å². The Kier molecular flexibility index (Phi) is 7.03. The molecule has 0 saturated carbocycles. The molecule has 0 atom stereocenters. The molecule has 0 rings (SSSR count). The van der Waals surface area contributed by atoms with Gasteiger partial charge in [0.2, 0.25) is 0 Å². The normalized spacial score (nSPS) is 9.40. The quantitative estimate of drug-likeness (QED) is 0.548. The Morgan fingerprint density at radius 2 is 1.30 bits per heavy atom. The highest BCUT2D eigenvalue weighted by Crippen LogP contribution is 2.07. The van der Waals surface area contributed by atoms with E-state index in [9.17, 15) is 0 Å². The van der Waals surface area contributed by atoms with Crippen LogP contribution in [-0.4, -0.2) is 8.39 Å². The lowest BCUT2D eigenvalue weighted by atomic mass is 10.4. The van der Waals surface area contributed by atoms with Gasteiger partial charge in [-0.2, -0.15) is 0 Å². The zero-order valence-electron chi connectivity index (χ0n) is 5.20. The van der Waals surface area contributed by atoms with E-state index in [4.69, 9.17) is 34.7 Å².